The average Bonchev–Trinajstić information content (AvgIpc) is 2.89. The van der Waals surface area contributed by atoms with E-state index in [1.807, 2.05) is 0 Å². The number of halogens is 3. The number of alkyl halides is 3. The van der Waals surface area contributed by atoms with Gasteiger partial charge in [0.25, 0.3) is 5.56 Å². The van der Waals surface area contributed by atoms with E-state index in [4.69, 9.17) is 4.74 Å². The van der Waals surface area contributed by atoms with E-state index in [2.05, 4.69) is 4.99 Å². The predicted octanol–water partition coefficient (Wildman–Crippen LogP) is 3.27. The lowest BCUT2D eigenvalue weighted by Crippen LogP contribution is -2.39. The maximum absolute atomic E-state index is 12.7. The monoisotopic (exact) mass is 447 g/mol. The molecule has 2 aromatic heterocycles. The molecule has 0 radical (unpaired) electrons. The number of hydrogen-bond acceptors (Lipinski definition) is 6. The topological polar surface area (TPSA) is 82.7 Å². The van der Waals surface area contributed by atoms with Gasteiger partial charge in [0.2, 0.25) is 0 Å². The Hall–Kier alpha value is -2.43. The fourth-order valence-electron chi connectivity index (χ4n) is 2.83. The fourth-order valence-corrected chi connectivity index (χ4v) is 4.04. The van der Waals surface area contributed by atoms with Crippen LogP contribution < -0.4 is 11.2 Å². The van der Waals surface area contributed by atoms with Gasteiger partial charge in [-0.2, -0.15) is 13.2 Å². The summed E-state index contributed by atoms with van der Waals surface area (Å²) in [6.45, 7) is 7.59. The molecule has 0 aliphatic carbocycles. The van der Waals surface area contributed by atoms with Crippen LogP contribution in [0.1, 0.15) is 44.6 Å². The molecule has 0 aliphatic rings. The Labute approximate surface area is 174 Å². The molecule has 2 rings (SSSR count). The number of esters is 1. The van der Waals surface area contributed by atoms with Gasteiger partial charge in [-0.3, -0.25) is 23.7 Å². The van der Waals surface area contributed by atoms with Crippen LogP contribution in [0.25, 0.3) is 10.2 Å². The van der Waals surface area contributed by atoms with Crippen molar-refractivity contribution in [3.05, 3.63) is 31.3 Å². The van der Waals surface area contributed by atoms with Gasteiger partial charge < -0.3 is 4.74 Å². The molecule has 7 nitrogen and oxygen atoms in total. The van der Waals surface area contributed by atoms with E-state index in [9.17, 15) is 27.6 Å². The van der Waals surface area contributed by atoms with Crippen molar-refractivity contribution in [2.45, 2.75) is 65.9 Å². The first-order valence-electron chi connectivity index (χ1n) is 9.30. The minimum Gasteiger partial charge on any atom is -0.459 e. The van der Waals surface area contributed by atoms with Gasteiger partial charge in [-0.05, 0) is 40.2 Å². The van der Waals surface area contributed by atoms with Crippen molar-refractivity contribution in [2.24, 2.45) is 4.99 Å². The lowest BCUT2D eigenvalue weighted by atomic mass is 10.2. The maximum atomic E-state index is 12.7. The number of carbonyl (C=O) groups excluding carboxylic acids is 1. The Morgan fingerprint density at radius 1 is 1.20 bits per heavy atom. The molecule has 0 fully saturated rings. The molecule has 0 unspecified atom stereocenters. The van der Waals surface area contributed by atoms with E-state index >= 15 is 0 Å². The minimum absolute atomic E-state index is 0.0387. The molecular formula is C19H24F3N3O4S. The third-order valence-electron chi connectivity index (χ3n) is 4.12. The van der Waals surface area contributed by atoms with Gasteiger partial charge in [-0.25, -0.2) is 4.79 Å². The SMILES string of the molecule is CCn1c(=O)c2c(C)c(C=NCC(=O)OC(C)(C)C)sc2n(CCC(F)(F)F)c1=O. The molecule has 0 atom stereocenters. The van der Waals surface area contributed by atoms with E-state index in [0.717, 1.165) is 20.5 Å². The zero-order valence-electron chi connectivity index (χ0n) is 17.4. The Kier molecular flexibility index (Phi) is 6.95. The van der Waals surface area contributed by atoms with Gasteiger partial charge in [0, 0.05) is 19.3 Å². The van der Waals surface area contributed by atoms with Crippen LogP contribution in [0.4, 0.5) is 13.2 Å². The number of rotatable bonds is 6. The number of ether oxygens (including phenoxy) is 1. The highest BCUT2D eigenvalue weighted by Crippen LogP contribution is 2.28. The van der Waals surface area contributed by atoms with Crippen molar-refractivity contribution in [3.63, 3.8) is 0 Å². The van der Waals surface area contributed by atoms with E-state index in [-0.39, 0.29) is 23.3 Å². The molecule has 166 valence electrons. The van der Waals surface area contributed by atoms with E-state index < -0.39 is 42.0 Å². The number of aryl methyl sites for hydroxylation is 2. The first-order chi connectivity index (χ1) is 13.7. The normalized spacial score (nSPS) is 12.8. The van der Waals surface area contributed by atoms with Crippen LogP contribution in [0.2, 0.25) is 0 Å². The number of thiophene rings is 1. The first kappa shape index (κ1) is 23.8. The summed E-state index contributed by atoms with van der Waals surface area (Å²) < 4.78 is 45.3. The van der Waals surface area contributed by atoms with Crippen LogP contribution in [0.3, 0.4) is 0 Å². The van der Waals surface area contributed by atoms with Gasteiger partial charge >= 0.3 is 17.8 Å². The summed E-state index contributed by atoms with van der Waals surface area (Å²) in [5, 5.41) is 0.183. The molecule has 2 heterocycles. The van der Waals surface area contributed by atoms with Gasteiger partial charge in [-0.15, -0.1) is 11.3 Å². The van der Waals surface area contributed by atoms with Crippen molar-refractivity contribution in [2.75, 3.05) is 6.54 Å². The third-order valence-corrected chi connectivity index (χ3v) is 5.36. The minimum atomic E-state index is -4.44. The number of fused-ring (bicyclic) bond motifs is 1. The van der Waals surface area contributed by atoms with Crippen molar-refractivity contribution in [1.82, 2.24) is 9.13 Å². The van der Waals surface area contributed by atoms with Crippen molar-refractivity contribution in [3.8, 4) is 0 Å². The zero-order valence-corrected chi connectivity index (χ0v) is 18.2. The van der Waals surface area contributed by atoms with E-state index in [1.54, 1.807) is 34.6 Å². The van der Waals surface area contributed by atoms with Gasteiger partial charge in [0.15, 0.2) is 0 Å². The zero-order chi connectivity index (χ0) is 22.9. The summed E-state index contributed by atoms with van der Waals surface area (Å²) in [5.74, 6) is -0.534. The molecule has 0 spiro atoms. The molecule has 0 amide bonds. The Balaban J connectivity index is 2.49. The van der Waals surface area contributed by atoms with Gasteiger partial charge in [-0.1, -0.05) is 0 Å². The standard InChI is InChI=1S/C19H24F3N3O4S/c1-6-24-15(27)14-11(2)12(9-23-10-13(26)29-18(3,4)5)30-16(14)25(17(24)28)8-7-19(20,21)22/h9H,6-8,10H2,1-5H3. The van der Waals surface area contributed by atoms with Crippen LogP contribution >= 0.6 is 11.3 Å². The molecule has 0 saturated heterocycles. The van der Waals surface area contributed by atoms with Crippen LogP contribution in [-0.2, 0) is 22.6 Å². The quantitative estimate of drug-likeness (QED) is 0.503. The second kappa shape index (κ2) is 8.75. The third kappa shape index (κ3) is 5.59. The van der Waals surface area contributed by atoms with Crippen molar-refractivity contribution >= 4 is 33.7 Å². The predicted molar refractivity (Wildman–Crippen MR) is 110 cm³/mol. The molecular weight excluding hydrogens is 423 g/mol. The number of aliphatic imine (C=N–C) groups is 1. The lowest BCUT2D eigenvalue weighted by molar-refractivity contribution is -0.152. The highest BCUT2D eigenvalue weighted by molar-refractivity contribution is 7.20. The second-order valence-electron chi connectivity index (χ2n) is 7.68. The number of nitrogens with zero attached hydrogens (tertiary/aromatic N) is 3. The van der Waals surface area contributed by atoms with Crippen molar-refractivity contribution in [1.29, 1.82) is 0 Å². The number of carbonyl (C=O) groups is 1. The number of hydrogen-bond donors (Lipinski definition) is 0. The molecule has 0 N–H and O–H groups in total. The maximum Gasteiger partial charge on any atom is 0.390 e. The summed E-state index contributed by atoms with van der Waals surface area (Å²) in [5.41, 5.74) is -1.49. The fraction of sp³-hybridized carbons (Fsp3) is 0.579. The number of aromatic nitrogens is 2. The van der Waals surface area contributed by atoms with Crippen LogP contribution in [0.15, 0.2) is 14.6 Å². The van der Waals surface area contributed by atoms with Gasteiger partial charge in [0.05, 0.1) is 16.7 Å². The molecule has 11 heteroatoms. The summed E-state index contributed by atoms with van der Waals surface area (Å²) in [4.78, 5) is 41.8. The Morgan fingerprint density at radius 2 is 1.83 bits per heavy atom. The lowest BCUT2D eigenvalue weighted by Gasteiger charge is -2.18. The van der Waals surface area contributed by atoms with Gasteiger partial charge in [0.1, 0.15) is 17.0 Å². The summed E-state index contributed by atoms with van der Waals surface area (Å²) in [7, 11) is 0. The second-order valence-corrected chi connectivity index (χ2v) is 8.71. The average molecular weight is 447 g/mol. The van der Waals surface area contributed by atoms with Crippen LogP contribution in [-0.4, -0.2) is 39.6 Å². The summed E-state index contributed by atoms with van der Waals surface area (Å²) in [6, 6.07) is 0. The summed E-state index contributed by atoms with van der Waals surface area (Å²) in [6.07, 6.45) is -4.26. The first-order valence-corrected chi connectivity index (χ1v) is 10.1. The Morgan fingerprint density at radius 3 is 2.37 bits per heavy atom. The molecule has 30 heavy (non-hydrogen) atoms. The van der Waals surface area contributed by atoms with Crippen LogP contribution in [0, 0.1) is 6.92 Å². The Bertz CT molecular complexity index is 1090. The smallest absolute Gasteiger partial charge is 0.390 e. The molecule has 0 aliphatic heterocycles. The molecule has 0 bridgehead atoms. The highest BCUT2D eigenvalue weighted by atomic mass is 32.1. The largest absolute Gasteiger partial charge is 0.459 e. The molecule has 2 aromatic rings. The summed E-state index contributed by atoms with van der Waals surface area (Å²) >= 11 is 0.994. The molecule has 0 aromatic carbocycles. The highest BCUT2D eigenvalue weighted by Gasteiger charge is 2.28. The van der Waals surface area contributed by atoms with E-state index in [1.165, 1.54) is 6.21 Å². The molecule has 0 saturated carbocycles. The van der Waals surface area contributed by atoms with Crippen LogP contribution in [0.5, 0.6) is 0 Å². The van der Waals surface area contributed by atoms with E-state index in [0.29, 0.717) is 10.4 Å². The van der Waals surface area contributed by atoms with Crippen molar-refractivity contribution < 1.29 is 22.7 Å².